The first kappa shape index (κ1) is 20.8. The molecule has 4 N–H and O–H groups in total. The van der Waals surface area contributed by atoms with Gasteiger partial charge in [-0.2, -0.15) is 0 Å². The topological polar surface area (TPSA) is 156 Å². The van der Waals surface area contributed by atoms with Gasteiger partial charge in [0, 0.05) is 23.4 Å². The van der Waals surface area contributed by atoms with Gasteiger partial charge in [0.25, 0.3) is 5.91 Å². The highest BCUT2D eigenvalue weighted by Crippen LogP contribution is 2.41. The SMILES string of the molecule is Cn1nnnc1SCC1=C(C(=O)O)N2C(=O)C(NC(=O)C(N)c3cccs3)[C@H]2SC1. The Morgan fingerprint density at radius 1 is 1.50 bits per heavy atom. The number of β-lactam (4-membered cyclic amide) rings is 1. The predicted octanol–water partition coefficient (Wildman–Crippen LogP) is -0.198. The van der Waals surface area contributed by atoms with E-state index in [0.717, 1.165) is 0 Å². The van der Waals surface area contributed by atoms with Gasteiger partial charge >= 0.3 is 5.97 Å². The fraction of sp³-hybridized carbons (Fsp3) is 0.375. The Morgan fingerprint density at radius 2 is 2.30 bits per heavy atom. The zero-order valence-electron chi connectivity index (χ0n) is 15.6. The van der Waals surface area contributed by atoms with E-state index in [9.17, 15) is 19.5 Å². The van der Waals surface area contributed by atoms with Crippen LogP contribution >= 0.6 is 34.9 Å². The maximum absolute atomic E-state index is 12.7. The maximum atomic E-state index is 12.7. The third kappa shape index (κ3) is 3.71. The number of nitrogens with two attached hydrogens (primary N) is 1. The van der Waals surface area contributed by atoms with E-state index < -0.39 is 35.2 Å². The van der Waals surface area contributed by atoms with Crippen LogP contribution in [0.15, 0.2) is 33.9 Å². The number of fused-ring (bicyclic) bond motifs is 1. The number of aliphatic carboxylic acids is 1. The minimum atomic E-state index is -1.18. The van der Waals surface area contributed by atoms with Gasteiger partial charge in [0.05, 0.1) is 0 Å². The lowest BCUT2D eigenvalue weighted by Gasteiger charge is -2.49. The van der Waals surface area contributed by atoms with Crippen LogP contribution in [0.3, 0.4) is 0 Å². The van der Waals surface area contributed by atoms with Crippen molar-refractivity contribution in [3.63, 3.8) is 0 Å². The third-order valence-corrected chi connectivity index (χ3v) is 8.03. The summed E-state index contributed by atoms with van der Waals surface area (Å²) >= 11 is 4.05. The van der Waals surface area contributed by atoms with Gasteiger partial charge in [-0.25, -0.2) is 9.48 Å². The monoisotopic (exact) mass is 467 g/mol. The molecule has 0 bridgehead atoms. The Morgan fingerprint density at radius 3 is 2.93 bits per heavy atom. The summed E-state index contributed by atoms with van der Waals surface area (Å²) in [5, 5.41) is 25.4. The standard InChI is InChI=1S/C16H17N7O4S3/c1-22-16(19-20-21-22)30-6-7-5-29-14-10(13(25)23(14)11(7)15(26)27)18-12(24)9(17)8-3-2-4-28-8/h2-4,9-10,14H,5-6,17H2,1H3,(H,18,24)(H,26,27)/t9?,10?,14-/m1/s1. The summed E-state index contributed by atoms with van der Waals surface area (Å²) in [5.41, 5.74) is 6.52. The number of nitrogens with one attached hydrogen (secondary N) is 1. The molecule has 0 radical (unpaired) electrons. The molecule has 11 nitrogen and oxygen atoms in total. The molecule has 0 aromatic carbocycles. The number of amides is 2. The summed E-state index contributed by atoms with van der Waals surface area (Å²) in [7, 11) is 1.69. The van der Waals surface area contributed by atoms with Crippen molar-refractivity contribution >= 4 is 52.6 Å². The molecule has 3 atom stereocenters. The normalized spacial score (nSPS) is 21.8. The molecule has 2 aromatic heterocycles. The molecule has 0 saturated carbocycles. The number of carbonyl (C=O) groups excluding carboxylic acids is 2. The van der Waals surface area contributed by atoms with Crippen LogP contribution in [0, 0.1) is 0 Å². The van der Waals surface area contributed by atoms with Crippen LogP contribution in [0.25, 0.3) is 0 Å². The van der Waals surface area contributed by atoms with E-state index in [2.05, 4.69) is 20.8 Å². The lowest BCUT2D eigenvalue weighted by Crippen LogP contribution is -2.71. The van der Waals surface area contributed by atoms with Gasteiger partial charge < -0.3 is 16.2 Å². The predicted molar refractivity (Wildman–Crippen MR) is 110 cm³/mol. The Labute approximate surface area is 183 Å². The summed E-state index contributed by atoms with van der Waals surface area (Å²) in [5.74, 6) is -1.36. The van der Waals surface area contributed by atoms with E-state index >= 15 is 0 Å². The van der Waals surface area contributed by atoms with Crippen molar-refractivity contribution in [1.82, 2.24) is 30.4 Å². The van der Waals surface area contributed by atoms with Crippen LogP contribution in [0.1, 0.15) is 10.9 Å². The lowest BCUT2D eigenvalue weighted by atomic mass is 10.0. The smallest absolute Gasteiger partial charge is 0.352 e. The average Bonchev–Trinajstić information content (AvgIpc) is 3.40. The van der Waals surface area contributed by atoms with Crippen molar-refractivity contribution in [2.45, 2.75) is 22.6 Å². The Bertz CT molecular complexity index is 1020. The molecule has 2 aliphatic rings. The summed E-state index contributed by atoms with van der Waals surface area (Å²) in [6.07, 6.45) is 0. The number of aryl methyl sites for hydroxylation is 1. The van der Waals surface area contributed by atoms with E-state index in [4.69, 9.17) is 5.73 Å². The molecule has 158 valence electrons. The average molecular weight is 468 g/mol. The minimum absolute atomic E-state index is 0.0422. The van der Waals surface area contributed by atoms with Gasteiger partial charge in [0.1, 0.15) is 23.2 Å². The van der Waals surface area contributed by atoms with E-state index in [0.29, 0.717) is 27.1 Å². The number of carbonyl (C=O) groups is 3. The highest BCUT2D eigenvalue weighted by Gasteiger charge is 2.54. The number of tetrazole rings is 1. The molecule has 2 aromatic rings. The largest absolute Gasteiger partial charge is 0.477 e. The molecule has 0 aliphatic carbocycles. The second kappa shape index (κ2) is 8.37. The molecule has 1 fully saturated rings. The van der Waals surface area contributed by atoms with Crippen LogP contribution in [-0.4, -0.2) is 70.9 Å². The van der Waals surface area contributed by atoms with E-state index in [1.54, 1.807) is 19.2 Å². The first-order valence-corrected chi connectivity index (χ1v) is 11.6. The summed E-state index contributed by atoms with van der Waals surface area (Å²) in [6.45, 7) is 0. The van der Waals surface area contributed by atoms with Gasteiger partial charge in [-0.15, -0.1) is 28.2 Å². The van der Waals surface area contributed by atoms with Crippen LogP contribution in [0.5, 0.6) is 0 Å². The molecule has 1 saturated heterocycles. The van der Waals surface area contributed by atoms with Crippen molar-refractivity contribution in [2.75, 3.05) is 11.5 Å². The fourth-order valence-corrected chi connectivity index (χ4v) is 6.19. The fourth-order valence-electron chi connectivity index (χ4n) is 3.13. The van der Waals surface area contributed by atoms with Crippen LogP contribution < -0.4 is 11.1 Å². The van der Waals surface area contributed by atoms with Crippen molar-refractivity contribution < 1.29 is 19.5 Å². The molecule has 4 rings (SSSR count). The van der Waals surface area contributed by atoms with Crippen molar-refractivity contribution in [3.05, 3.63) is 33.7 Å². The quantitative estimate of drug-likeness (QED) is 0.368. The molecule has 2 unspecified atom stereocenters. The number of nitrogens with zero attached hydrogens (tertiary/aromatic N) is 5. The molecule has 2 aliphatic heterocycles. The second-order valence-electron chi connectivity index (χ2n) is 6.52. The van der Waals surface area contributed by atoms with Crippen LogP contribution in [0.4, 0.5) is 0 Å². The molecule has 4 heterocycles. The number of carboxylic acids is 1. The first-order chi connectivity index (χ1) is 14.4. The van der Waals surface area contributed by atoms with Gasteiger partial charge in [0.15, 0.2) is 0 Å². The zero-order valence-corrected chi connectivity index (χ0v) is 18.0. The van der Waals surface area contributed by atoms with Gasteiger partial charge in [0.2, 0.25) is 11.1 Å². The van der Waals surface area contributed by atoms with Crippen molar-refractivity contribution in [3.8, 4) is 0 Å². The number of thioether (sulfide) groups is 2. The Balaban J connectivity index is 1.46. The highest BCUT2D eigenvalue weighted by atomic mass is 32.2. The number of hydrogen-bond acceptors (Lipinski definition) is 10. The second-order valence-corrected chi connectivity index (χ2v) is 9.55. The third-order valence-electron chi connectivity index (χ3n) is 4.64. The van der Waals surface area contributed by atoms with Gasteiger partial charge in [-0.05, 0) is 27.4 Å². The Kier molecular flexibility index (Phi) is 5.81. The number of hydrogen-bond donors (Lipinski definition) is 3. The highest BCUT2D eigenvalue weighted by molar-refractivity contribution is 8.01. The minimum Gasteiger partial charge on any atom is -0.477 e. The molecule has 14 heteroatoms. The van der Waals surface area contributed by atoms with Gasteiger partial charge in [-0.3, -0.25) is 14.5 Å². The number of thiophene rings is 1. The number of carboxylic acid groups (broad SMARTS) is 1. The van der Waals surface area contributed by atoms with E-state index in [1.807, 2.05) is 5.38 Å². The molecule has 0 spiro atoms. The summed E-state index contributed by atoms with van der Waals surface area (Å²) in [6, 6.07) is 1.86. The summed E-state index contributed by atoms with van der Waals surface area (Å²) < 4.78 is 1.49. The van der Waals surface area contributed by atoms with Crippen molar-refractivity contribution in [2.24, 2.45) is 12.8 Å². The molecular formula is C16H17N7O4S3. The zero-order chi connectivity index (χ0) is 21.4. The van der Waals surface area contributed by atoms with Crippen LogP contribution in [0.2, 0.25) is 0 Å². The number of rotatable bonds is 7. The van der Waals surface area contributed by atoms with Gasteiger partial charge in [-0.1, -0.05) is 17.8 Å². The molecular weight excluding hydrogens is 450 g/mol. The van der Waals surface area contributed by atoms with Crippen molar-refractivity contribution in [1.29, 1.82) is 0 Å². The Hall–Kier alpha value is -2.42. The van der Waals surface area contributed by atoms with Crippen LogP contribution in [-0.2, 0) is 21.4 Å². The lowest BCUT2D eigenvalue weighted by molar-refractivity contribution is -0.150. The summed E-state index contributed by atoms with van der Waals surface area (Å²) in [4.78, 5) is 39.0. The maximum Gasteiger partial charge on any atom is 0.352 e. The first-order valence-electron chi connectivity index (χ1n) is 8.73. The van der Waals surface area contributed by atoms with E-state index in [1.165, 1.54) is 44.4 Å². The molecule has 2 amide bonds. The molecule has 30 heavy (non-hydrogen) atoms. The number of aromatic nitrogens is 4. The van der Waals surface area contributed by atoms with E-state index in [-0.39, 0.29) is 5.70 Å².